The third kappa shape index (κ3) is 2.91. The highest BCUT2D eigenvalue weighted by Gasteiger charge is 2.07. The molecule has 0 unspecified atom stereocenters. The normalized spacial score (nSPS) is 10.1. The number of benzene rings is 1. The summed E-state index contributed by atoms with van der Waals surface area (Å²) in [6.45, 7) is 1.72. The van der Waals surface area contributed by atoms with Gasteiger partial charge < -0.3 is 20.1 Å². The molecular weight excluding hydrogens is 238 g/mol. The van der Waals surface area contributed by atoms with Crippen LogP contribution >= 0.6 is 0 Å². The summed E-state index contributed by atoms with van der Waals surface area (Å²) in [7, 11) is 0. The zero-order valence-electron chi connectivity index (χ0n) is 9.47. The molecule has 0 aliphatic carbocycles. The number of rotatable bonds is 2. The molecule has 0 saturated carbocycles. The lowest BCUT2D eigenvalue weighted by Gasteiger charge is -2.06. The fourth-order valence-corrected chi connectivity index (χ4v) is 1.36. The molecule has 18 heavy (non-hydrogen) atoms. The number of aromatic nitrogens is 1. The second-order valence-corrected chi connectivity index (χ2v) is 3.65. The van der Waals surface area contributed by atoms with E-state index in [1.54, 1.807) is 13.0 Å². The molecule has 1 heterocycles. The molecule has 0 fully saturated rings. The summed E-state index contributed by atoms with van der Waals surface area (Å²) in [5.74, 6) is -0.101. The van der Waals surface area contributed by atoms with E-state index in [1.807, 2.05) is 0 Å². The van der Waals surface area contributed by atoms with Gasteiger partial charge in [-0.2, -0.15) is 0 Å². The van der Waals surface area contributed by atoms with Crippen molar-refractivity contribution < 1.29 is 19.5 Å². The highest BCUT2D eigenvalue weighted by Crippen LogP contribution is 2.24. The average molecular weight is 249 g/mol. The SMILES string of the molecule is Cc1cc(NC(=O)Nc2cc(O)cc(O)c2)on1. The van der Waals surface area contributed by atoms with Crippen molar-refractivity contribution in [1.29, 1.82) is 0 Å². The van der Waals surface area contributed by atoms with Crippen molar-refractivity contribution in [1.82, 2.24) is 5.16 Å². The molecule has 0 aliphatic heterocycles. The minimum absolute atomic E-state index is 0.152. The lowest BCUT2D eigenvalue weighted by molar-refractivity contribution is 0.261. The Kier molecular flexibility index (Phi) is 3.05. The maximum Gasteiger partial charge on any atom is 0.326 e. The molecule has 0 radical (unpaired) electrons. The number of aryl methyl sites for hydroxylation is 1. The van der Waals surface area contributed by atoms with Crippen LogP contribution in [0, 0.1) is 6.92 Å². The zero-order chi connectivity index (χ0) is 13.1. The van der Waals surface area contributed by atoms with E-state index < -0.39 is 6.03 Å². The molecule has 1 aromatic heterocycles. The van der Waals surface area contributed by atoms with Crippen molar-refractivity contribution in [3.8, 4) is 11.5 Å². The van der Waals surface area contributed by atoms with Crippen LogP contribution in [0.4, 0.5) is 16.4 Å². The molecule has 94 valence electrons. The standard InChI is InChI=1S/C11H11N3O4/c1-6-2-10(18-14-6)13-11(17)12-7-3-8(15)5-9(16)4-7/h2-5,15-16H,1H3,(H2,12,13,17). The molecule has 2 amide bonds. The largest absolute Gasteiger partial charge is 0.508 e. The van der Waals surface area contributed by atoms with Crippen molar-refractivity contribution in [2.75, 3.05) is 10.6 Å². The molecule has 4 N–H and O–H groups in total. The van der Waals surface area contributed by atoms with Crippen molar-refractivity contribution in [3.63, 3.8) is 0 Å². The van der Waals surface area contributed by atoms with Gasteiger partial charge in [-0.3, -0.25) is 5.32 Å². The van der Waals surface area contributed by atoms with E-state index in [0.717, 1.165) is 6.07 Å². The van der Waals surface area contributed by atoms with Crippen molar-refractivity contribution >= 4 is 17.6 Å². The quantitative estimate of drug-likeness (QED) is 0.651. The first kappa shape index (κ1) is 11.8. The van der Waals surface area contributed by atoms with E-state index >= 15 is 0 Å². The van der Waals surface area contributed by atoms with Crippen LogP contribution < -0.4 is 10.6 Å². The first-order chi connectivity index (χ1) is 8.52. The third-order valence-corrected chi connectivity index (χ3v) is 2.03. The molecule has 0 saturated heterocycles. The Balaban J connectivity index is 2.02. The van der Waals surface area contributed by atoms with Gasteiger partial charge in [0.25, 0.3) is 0 Å². The van der Waals surface area contributed by atoms with Crippen LogP contribution in [0.5, 0.6) is 11.5 Å². The second kappa shape index (κ2) is 4.66. The maximum atomic E-state index is 11.5. The topological polar surface area (TPSA) is 108 Å². The van der Waals surface area contributed by atoms with E-state index in [1.165, 1.54) is 12.1 Å². The van der Waals surface area contributed by atoms with Gasteiger partial charge in [-0.15, -0.1) is 0 Å². The van der Waals surface area contributed by atoms with E-state index in [9.17, 15) is 15.0 Å². The molecule has 7 heteroatoms. The summed E-state index contributed by atoms with van der Waals surface area (Å²) in [6, 6.07) is 4.73. The molecule has 0 aliphatic rings. The zero-order valence-corrected chi connectivity index (χ0v) is 9.47. The highest BCUT2D eigenvalue weighted by molar-refractivity contribution is 5.99. The molecule has 7 nitrogen and oxygen atoms in total. The summed E-state index contributed by atoms with van der Waals surface area (Å²) in [5.41, 5.74) is 0.890. The Morgan fingerprint density at radius 1 is 1.17 bits per heavy atom. The number of hydrogen-bond acceptors (Lipinski definition) is 5. The minimum Gasteiger partial charge on any atom is -0.508 e. The predicted octanol–water partition coefficient (Wildman–Crippen LogP) is 2.04. The van der Waals surface area contributed by atoms with E-state index in [2.05, 4.69) is 15.8 Å². The first-order valence-electron chi connectivity index (χ1n) is 5.07. The Morgan fingerprint density at radius 3 is 2.39 bits per heavy atom. The second-order valence-electron chi connectivity index (χ2n) is 3.65. The summed E-state index contributed by atoms with van der Waals surface area (Å²) in [5, 5.41) is 26.9. The Morgan fingerprint density at radius 2 is 1.83 bits per heavy atom. The molecule has 0 bridgehead atoms. The number of nitrogens with zero attached hydrogens (tertiary/aromatic N) is 1. The number of anilines is 2. The minimum atomic E-state index is -0.573. The monoisotopic (exact) mass is 249 g/mol. The van der Waals surface area contributed by atoms with Crippen molar-refractivity contribution in [2.45, 2.75) is 6.92 Å². The summed E-state index contributed by atoms with van der Waals surface area (Å²) < 4.78 is 4.80. The number of carbonyl (C=O) groups excluding carboxylic acids is 1. The van der Waals surface area contributed by atoms with Crippen LogP contribution in [0.1, 0.15) is 5.69 Å². The molecule has 0 atom stereocenters. The number of phenols is 2. The van der Waals surface area contributed by atoms with Crippen LogP contribution in [-0.2, 0) is 0 Å². The maximum absolute atomic E-state index is 11.5. The highest BCUT2D eigenvalue weighted by atomic mass is 16.5. The number of nitrogens with one attached hydrogen (secondary N) is 2. The number of carbonyl (C=O) groups is 1. The Bertz CT molecular complexity index is 559. The molecule has 2 aromatic rings. The number of hydrogen-bond donors (Lipinski definition) is 4. The third-order valence-electron chi connectivity index (χ3n) is 2.03. The summed E-state index contributed by atoms with van der Waals surface area (Å²) >= 11 is 0. The van der Waals surface area contributed by atoms with Crippen molar-refractivity contribution in [3.05, 3.63) is 30.0 Å². The van der Waals surface area contributed by atoms with Gasteiger partial charge >= 0.3 is 6.03 Å². The van der Waals surface area contributed by atoms with Crippen LogP contribution in [0.3, 0.4) is 0 Å². The average Bonchev–Trinajstić information content (AvgIpc) is 2.61. The van der Waals surface area contributed by atoms with Crippen LogP contribution in [0.25, 0.3) is 0 Å². The number of amides is 2. The number of urea groups is 1. The molecular formula is C11H11N3O4. The van der Waals surface area contributed by atoms with Gasteiger partial charge in [0, 0.05) is 30.0 Å². The van der Waals surface area contributed by atoms with Gasteiger partial charge in [-0.25, -0.2) is 4.79 Å². The van der Waals surface area contributed by atoms with E-state index in [0.29, 0.717) is 5.69 Å². The van der Waals surface area contributed by atoms with E-state index in [4.69, 9.17) is 4.52 Å². The van der Waals surface area contributed by atoms with Gasteiger partial charge in [0.1, 0.15) is 11.5 Å². The van der Waals surface area contributed by atoms with Crippen LogP contribution in [-0.4, -0.2) is 21.4 Å². The number of aromatic hydroxyl groups is 2. The number of phenolic OH excluding ortho intramolecular Hbond substituents is 2. The van der Waals surface area contributed by atoms with E-state index in [-0.39, 0.29) is 23.1 Å². The fourth-order valence-electron chi connectivity index (χ4n) is 1.36. The fraction of sp³-hybridized carbons (Fsp3) is 0.0909. The lowest BCUT2D eigenvalue weighted by Crippen LogP contribution is -2.18. The first-order valence-corrected chi connectivity index (χ1v) is 5.07. The Labute approximate surface area is 102 Å². The predicted molar refractivity (Wildman–Crippen MR) is 63.7 cm³/mol. The Hall–Kier alpha value is -2.70. The molecule has 2 rings (SSSR count). The van der Waals surface area contributed by atoms with Gasteiger partial charge in [0.15, 0.2) is 0 Å². The van der Waals surface area contributed by atoms with Gasteiger partial charge in [-0.05, 0) is 6.92 Å². The lowest BCUT2D eigenvalue weighted by atomic mass is 10.3. The smallest absolute Gasteiger partial charge is 0.326 e. The van der Waals surface area contributed by atoms with Gasteiger partial charge in [0.2, 0.25) is 5.88 Å². The summed E-state index contributed by atoms with van der Waals surface area (Å²) in [6.07, 6.45) is 0. The molecule has 0 spiro atoms. The summed E-state index contributed by atoms with van der Waals surface area (Å²) in [4.78, 5) is 11.5. The van der Waals surface area contributed by atoms with Gasteiger partial charge in [0.05, 0.1) is 5.69 Å². The van der Waals surface area contributed by atoms with Crippen LogP contribution in [0.15, 0.2) is 28.8 Å². The van der Waals surface area contributed by atoms with Crippen LogP contribution in [0.2, 0.25) is 0 Å². The molecule has 1 aromatic carbocycles. The van der Waals surface area contributed by atoms with Crippen molar-refractivity contribution in [2.24, 2.45) is 0 Å². The van der Waals surface area contributed by atoms with Gasteiger partial charge in [-0.1, -0.05) is 5.16 Å².